The minimum absolute atomic E-state index is 0.129. The molecule has 29 heavy (non-hydrogen) atoms. The second kappa shape index (κ2) is 7.66. The molecule has 0 fully saturated rings. The number of nitrogens with two attached hydrogens (primary N) is 1. The number of nitrogens with one attached hydrogen (secondary N) is 1. The van der Waals surface area contributed by atoms with Gasteiger partial charge in [-0.25, -0.2) is 4.98 Å². The van der Waals surface area contributed by atoms with Crippen molar-refractivity contribution in [1.29, 1.82) is 0 Å². The SMILES string of the molecule is Cc1nc2sc(C(=O)Nc3ccc(Cl)cc3)c(N)c2cc1C(=O)c1ccccc1. The summed E-state index contributed by atoms with van der Waals surface area (Å²) in [6.45, 7) is 1.78. The first-order chi connectivity index (χ1) is 13.9. The maximum Gasteiger partial charge on any atom is 0.267 e. The number of amides is 1. The third-order valence-corrected chi connectivity index (χ3v) is 5.87. The number of nitrogens with zero attached hydrogens (tertiary/aromatic N) is 1. The van der Waals surface area contributed by atoms with Crippen LogP contribution in [0.3, 0.4) is 0 Å². The number of carbonyl (C=O) groups is 2. The molecule has 4 aromatic rings. The van der Waals surface area contributed by atoms with Crippen LogP contribution in [0, 0.1) is 6.92 Å². The van der Waals surface area contributed by atoms with E-state index >= 15 is 0 Å². The normalized spacial score (nSPS) is 10.8. The molecule has 0 bridgehead atoms. The van der Waals surface area contributed by atoms with Gasteiger partial charge in [0.15, 0.2) is 5.78 Å². The number of pyridine rings is 1. The number of carbonyl (C=O) groups excluding carboxylic acids is 2. The second-order valence-corrected chi connectivity index (χ2v) is 7.91. The van der Waals surface area contributed by atoms with Gasteiger partial charge in [0, 0.05) is 27.2 Å². The monoisotopic (exact) mass is 421 g/mol. The first kappa shape index (κ1) is 19.1. The number of rotatable bonds is 4. The number of hydrogen-bond donors (Lipinski definition) is 2. The maximum atomic E-state index is 12.9. The van der Waals surface area contributed by atoms with Crippen molar-refractivity contribution < 1.29 is 9.59 Å². The summed E-state index contributed by atoms with van der Waals surface area (Å²) >= 11 is 7.08. The van der Waals surface area contributed by atoms with Gasteiger partial charge in [-0.3, -0.25) is 9.59 Å². The number of fused-ring (bicyclic) bond motifs is 1. The van der Waals surface area contributed by atoms with Crippen LogP contribution in [0.1, 0.15) is 31.3 Å². The van der Waals surface area contributed by atoms with E-state index in [0.717, 1.165) is 0 Å². The molecule has 0 aliphatic heterocycles. The van der Waals surface area contributed by atoms with E-state index in [-0.39, 0.29) is 11.7 Å². The van der Waals surface area contributed by atoms with Crippen LogP contribution in [0.4, 0.5) is 11.4 Å². The summed E-state index contributed by atoms with van der Waals surface area (Å²) in [5.41, 5.74) is 8.82. The Kier molecular flexibility index (Phi) is 5.05. The molecule has 0 unspecified atom stereocenters. The Balaban J connectivity index is 1.71. The minimum atomic E-state index is -0.332. The first-order valence-corrected chi connectivity index (χ1v) is 10.00. The molecule has 0 radical (unpaired) electrons. The van der Waals surface area contributed by atoms with Crippen molar-refractivity contribution in [3.8, 4) is 0 Å². The van der Waals surface area contributed by atoms with E-state index in [2.05, 4.69) is 10.3 Å². The van der Waals surface area contributed by atoms with Gasteiger partial charge in [0.1, 0.15) is 9.71 Å². The Morgan fingerprint density at radius 1 is 1.07 bits per heavy atom. The molecule has 0 saturated heterocycles. The zero-order chi connectivity index (χ0) is 20.5. The summed E-state index contributed by atoms with van der Waals surface area (Å²) < 4.78 is 0. The number of aromatic nitrogens is 1. The van der Waals surface area contributed by atoms with Crippen LogP contribution in [0.5, 0.6) is 0 Å². The lowest BCUT2D eigenvalue weighted by atomic mass is 10.0. The molecule has 0 atom stereocenters. The highest BCUT2D eigenvalue weighted by molar-refractivity contribution is 7.21. The highest BCUT2D eigenvalue weighted by Crippen LogP contribution is 2.34. The van der Waals surface area contributed by atoms with Crippen molar-refractivity contribution in [2.45, 2.75) is 6.92 Å². The lowest BCUT2D eigenvalue weighted by molar-refractivity contribution is 0.102. The highest BCUT2D eigenvalue weighted by Gasteiger charge is 2.21. The van der Waals surface area contributed by atoms with Crippen molar-refractivity contribution >= 4 is 56.2 Å². The lowest BCUT2D eigenvalue weighted by Gasteiger charge is -2.05. The molecule has 4 rings (SSSR count). The molecule has 0 aliphatic rings. The van der Waals surface area contributed by atoms with Gasteiger partial charge >= 0.3 is 0 Å². The number of aryl methyl sites for hydroxylation is 1. The van der Waals surface area contributed by atoms with Gasteiger partial charge in [-0.2, -0.15) is 0 Å². The molecule has 1 amide bonds. The molecule has 2 aromatic carbocycles. The van der Waals surface area contributed by atoms with E-state index in [1.54, 1.807) is 49.4 Å². The number of anilines is 2. The summed E-state index contributed by atoms with van der Waals surface area (Å²) in [6.07, 6.45) is 0. The van der Waals surface area contributed by atoms with Crippen molar-refractivity contribution in [2.75, 3.05) is 11.1 Å². The van der Waals surface area contributed by atoms with Crippen LogP contribution in [0.25, 0.3) is 10.2 Å². The average Bonchev–Trinajstić information content (AvgIpc) is 3.05. The zero-order valence-corrected chi connectivity index (χ0v) is 17.0. The minimum Gasteiger partial charge on any atom is -0.397 e. The number of halogens is 1. The molecule has 2 heterocycles. The van der Waals surface area contributed by atoms with Crippen molar-refractivity contribution in [2.24, 2.45) is 0 Å². The molecule has 7 heteroatoms. The predicted molar refractivity (Wildman–Crippen MR) is 118 cm³/mol. The number of nitrogen functional groups attached to an aromatic ring is 1. The Labute approximate surface area is 176 Å². The van der Waals surface area contributed by atoms with Gasteiger partial charge < -0.3 is 11.1 Å². The third-order valence-electron chi connectivity index (χ3n) is 4.50. The standard InChI is InChI=1S/C22H16ClN3O2S/c1-12-16(19(27)13-5-3-2-4-6-13)11-17-18(24)20(29-22(17)25-12)21(28)26-15-9-7-14(23)8-10-15/h2-11H,24H2,1H3,(H,26,28). The summed E-state index contributed by atoms with van der Waals surface area (Å²) in [5.74, 6) is -0.461. The topological polar surface area (TPSA) is 85.1 Å². The molecule has 0 saturated carbocycles. The third kappa shape index (κ3) is 3.72. The Morgan fingerprint density at radius 3 is 2.45 bits per heavy atom. The number of thiophene rings is 1. The van der Waals surface area contributed by atoms with E-state index in [9.17, 15) is 9.59 Å². The fraction of sp³-hybridized carbons (Fsp3) is 0.0455. The second-order valence-electron chi connectivity index (χ2n) is 6.48. The zero-order valence-electron chi connectivity index (χ0n) is 15.4. The van der Waals surface area contributed by atoms with Crippen LogP contribution in [0.15, 0.2) is 60.7 Å². The molecule has 3 N–H and O–H groups in total. The molecule has 0 spiro atoms. The van der Waals surface area contributed by atoms with E-state index in [0.29, 0.717) is 48.3 Å². The van der Waals surface area contributed by atoms with Crippen LogP contribution in [-0.2, 0) is 0 Å². The summed E-state index contributed by atoms with van der Waals surface area (Å²) in [6, 6.07) is 17.5. The molecule has 2 aromatic heterocycles. The van der Waals surface area contributed by atoms with E-state index in [1.807, 2.05) is 18.2 Å². The van der Waals surface area contributed by atoms with Gasteiger partial charge in [0.25, 0.3) is 5.91 Å². The van der Waals surface area contributed by atoms with Crippen LogP contribution in [-0.4, -0.2) is 16.7 Å². The van der Waals surface area contributed by atoms with Gasteiger partial charge in [0.05, 0.1) is 11.4 Å². The van der Waals surface area contributed by atoms with Crippen LogP contribution in [0.2, 0.25) is 5.02 Å². The fourth-order valence-electron chi connectivity index (χ4n) is 2.99. The number of benzene rings is 2. The smallest absolute Gasteiger partial charge is 0.267 e. The highest BCUT2D eigenvalue weighted by atomic mass is 35.5. The molecular weight excluding hydrogens is 406 g/mol. The van der Waals surface area contributed by atoms with E-state index in [1.165, 1.54) is 11.3 Å². The Bertz CT molecular complexity index is 1230. The van der Waals surface area contributed by atoms with Gasteiger partial charge in [-0.05, 0) is 37.3 Å². The van der Waals surface area contributed by atoms with Crippen LogP contribution < -0.4 is 11.1 Å². The average molecular weight is 422 g/mol. The molecular formula is C22H16ClN3O2S. The first-order valence-electron chi connectivity index (χ1n) is 8.80. The molecule has 0 aliphatic carbocycles. The van der Waals surface area contributed by atoms with E-state index < -0.39 is 0 Å². The predicted octanol–water partition coefficient (Wildman–Crippen LogP) is 5.32. The van der Waals surface area contributed by atoms with E-state index in [4.69, 9.17) is 17.3 Å². The van der Waals surface area contributed by atoms with Gasteiger partial charge in [-0.15, -0.1) is 11.3 Å². The fourth-order valence-corrected chi connectivity index (χ4v) is 4.14. The molecule has 144 valence electrons. The van der Waals surface area contributed by atoms with Gasteiger partial charge in [-0.1, -0.05) is 41.9 Å². The molecule has 5 nitrogen and oxygen atoms in total. The van der Waals surface area contributed by atoms with Crippen molar-refractivity contribution in [1.82, 2.24) is 4.98 Å². The lowest BCUT2D eigenvalue weighted by Crippen LogP contribution is -2.11. The number of ketones is 1. The summed E-state index contributed by atoms with van der Waals surface area (Å²) in [4.78, 5) is 31.1. The summed E-state index contributed by atoms with van der Waals surface area (Å²) in [5, 5.41) is 3.98. The maximum absolute atomic E-state index is 12.9. The number of hydrogen-bond acceptors (Lipinski definition) is 5. The largest absolute Gasteiger partial charge is 0.397 e. The summed E-state index contributed by atoms with van der Waals surface area (Å²) in [7, 11) is 0. The Hall–Kier alpha value is -3.22. The van der Waals surface area contributed by atoms with Crippen molar-refractivity contribution in [3.63, 3.8) is 0 Å². The van der Waals surface area contributed by atoms with Crippen molar-refractivity contribution in [3.05, 3.63) is 87.4 Å². The van der Waals surface area contributed by atoms with Crippen LogP contribution >= 0.6 is 22.9 Å². The Morgan fingerprint density at radius 2 is 1.76 bits per heavy atom. The quantitative estimate of drug-likeness (QED) is 0.436. The van der Waals surface area contributed by atoms with Gasteiger partial charge in [0.2, 0.25) is 0 Å².